The second kappa shape index (κ2) is 7.71. The number of aromatic nitrogens is 3. The standard InChI is InChI=1S/C19H16F3N3O3/c1-12(18(26)27)10-13-2-4-14(5-3-13)17-23-11-25(24-17)15-6-8-16(9-7-15)28-19(20,21)22/h2-9,11-12H,10H2,1H3,(H,26,27). The van der Waals surface area contributed by atoms with Crippen LogP contribution >= 0.6 is 0 Å². The SMILES string of the molecule is CC(Cc1ccc(-c2ncn(-c3ccc(OC(F)(F)F)cc3)n2)cc1)C(=O)O. The third-order valence-corrected chi connectivity index (χ3v) is 4.00. The highest BCUT2D eigenvalue weighted by molar-refractivity contribution is 5.70. The summed E-state index contributed by atoms with van der Waals surface area (Å²) in [6.07, 6.45) is -2.87. The van der Waals surface area contributed by atoms with Gasteiger partial charge < -0.3 is 9.84 Å². The minimum atomic E-state index is -4.74. The van der Waals surface area contributed by atoms with E-state index in [1.165, 1.54) is 35.3 Å². The zero-order valence-corrected chi connectivity index (χ0v) is 14.7. The fourth-order valence-corrected chi connectivity index (χ4v) is 2.55. The Balaban J connectivity index is 1.72. The summed E-state index contributed by atoms with van der Waals surface area (Å²) in [7, 11) is 0. The van der Waals surface area contributed by atoms with E-state index in [-0.39, 0.29) is 5.75 Å². The van der Waals surface area contributed by atoms with E-state index < -0.39 is 18.2 Å². The van der Waals surface area contributed by atoms with E-state index in [9.17, 15) is 18.0 Å². The number of alkyl halides is 3. The summed E-state index contributed by atoms with van der Waals surface area (Å²) in [6, 6.07) is 12.5. The summed E-state index contributed by atoms with van der Waals surface area (Å²) >= 11 is 0. The van der Waals surface area contributed by atoms with Crippen molar-refractivity contribution >= 4 is 5.97 Å². The van der Waals surface area contributed by atoms with Crippen LogP contribution in [0.5, 0.6) is 5.75 Å². The lowest BCUT2D eigenvalue weighted by atomic mass is 10.0. The number of aliphatic carboxylic acids is 1. The fourth-order valence-electron chi connectivity index (χ4n) is 2.55. The first-order valence-corrected chi connectivity index (χ1v) is 8.31. The second-order valence-electron chi connectivity index (χ2n) is 6.19. The molecule has 1 aromatic heterocycles. The van der Waals surface area contributed by atoms with Gasteiger partial charge in [-0.05, 0) is 36.2 Å². The molecule has 0 aliphatic rings. The summed E-state index contributed by atoms with van der Waals surface area (Å²) in [5.41, 5.74) is 2.15. The lowest BCUT2D eigenvalue weighted by molar-refractivity contribution is -0.274. The van der Waals surface area contributed by atoms with Crippen molar-refractivity contribution in [2.24, 2.45) is 5.92 Å². The first kappa shape index (κ1) is 19.4. The zero-order valence-electron chi connectivity index (χ0n) is 14.7. The summed E-state index contributed by atoms with van der Waals surface area (Å²) in [5, 5.41) is 13.3. The van der Waals surface area contributed by atoms with Crippen molar-refractivity contribution in [1.29, 1.82) is 0 Å². The topological polar surface area (TPSA) is 77.2 Å². The molecule has 1 heterocycles. The van der Waals surface area contributed by atoms with Crippen LogP contribution in [0.3, 0.4) is 0 Å². The maximum atomic E-state index is 12.2. The predicted octanol–water partition coefficient (Wildman–Crippen LogP) is 4.10. The fraction of sp³-hybridized carbons (Fsp3) is 0.211. The third kappa shape index (κ3) is 4.87. The van der Waals surface area contributed by atoms with Crippen LogP contribution in [0.1, 0.15) is 12.5 Å². The molecule has 0 bridgehead atoms. The molecule has 28 heavy (non-hydrogen) atoms. The second-order valence-corrected chi connectivity index (χ2v) is 6.19. The summed E-state index contributed by atoms with van der Waals surface area (Å²) in [4.78, 5) is 15.1. The quantitative estimate of drug-likeness (QED) is 0.685. The monoisotopic (exact) mass is 391 g/mol. The number of benzene rings is 2. The predicted molar refractivity (Wildman–Crippen MR) is 94.0 cm³/mol. The van der Waals surface area contributed by atoms with Crippen LogP contribution in [0.15, 0.2) is 54.9 Å². The smallest absolute Gasteiger partial charge is 0.481 e. The molecular formula is C19H16F3N3O3. The molecule has 0 saturated carbocycles. The van der Waals surface area contributed by atoms with Crippen molar-refractivity contribution in [3.63, 3.8) is 0 Å². The summed E-state index contributed by atoms with van der Waals surface area (Å²) in [5.74, 6) is -1.21. The molecule has 3 rings (SSSR count). The highest BCUT2D eigenvalue weighted by Gasteiger charge is 2.31. The minimum absolute atomic E-state index is 0.317. The molecule has 3 aromatic rings. The molecule has 0 radical (unpaired) electrons. The number of carbonyl (C=O) groups is 1. The zero-order chi connectivity index (χ0) is 20.3. The van der Waals surface area contributed by atoms with Gasteiger partial charge in [-0.1, -0.05) is 31.2 Å². The molecule has 1 atom stereocenters. The van der Waals surface area contributed by atoms with Crippen LogP contribution in [0.2, 0.25) is 0 Å². The van der Waals surface area contributed by atoms with Crippen molar-refractivity contribution in [3.05, 3.63) is 60.4 Å². The van der Waals surface area contributed by atoms with Gasteiger partial charge in [0.1, 0.15) is 12.1 Å². The highest BCUT2D eigenvalue weighted by Crippen LogP contribution is 2.24. The van der Waals surface area contributed by atoms with E-state index in [0.717, 1.165) is 11.1 Å². The van der Waals surface area contributed by atoms with Crippen molar-refractivity contribution in [2.75, 3.05) is 0 Å². The molecule has 0 saturated heterocycles. The molecule has 0 spiro atoms. The van der Waals surface area contributed by atoms with Gasteiger partial charge in [-0.15, -0.1) is 18.3 Å². The van der Waals surface area contributed by atoms with Crippen LogP contribution in [0, 0.1) is 5.92 Å². The van der Waals surface area contributed by atoms with Gasteiger partial charge in [-0.3, -0.25) is 4.79 Å². The first-order valence-electron chi connectivity index (χ1n) is 8.31. The van der Waals surface area contributed by atoms with Crippen LogP contribution in [0.4, 0.5) is 13.2 Å². The Hall–Kier alpha value is -3.36. The van der Waals surface area contributed by atoms with Crippen molar-refractivity contribution < 1.29 is 27.8 Å². The molecule has 6 nitrogen and oxygen atoms in total. The third-order valence-electron chi connectivity index (χ3n) is 4.00. The van der Waals surface area contributed by atoms with Gasteiger partial charge in [0.2, 0.25) is 0 Å². The molecule has 0 aliphatic carbocycles. The van der Waals surface area contributed by atoms with Gasteiger partial charge in [0, 0.05) is 5.56 Å². The first-order chi connectivity index (χ1) is 13.2. The summed E-state index contributed by atoms with van der Waals surface area (Å²) < 4.78 is 41.9. The van der Waals surface area contributed by atoms with Crippen LogP contribution in [-0.2, 0) is 11.2 Å². The number of nitrogens with zero attached hydrogens (tertiary/aromatic N) is 3. The number of halogens is 3. The van der Waals surface area contributed by atoms with Gasteiger partial charge in [-0.25, -0.2) is 9.67 Å². The average Bonchev–Trinajstić information content (AvgIpc) is 3.11. The van der Waals surface area contributed by atoms with Gasteiger partial charge in [0.25, 0.3) is 0 Å². The normalized spacial score (nSPS) is 12.6. The molecule has 1 unspecified atom stereocenters. The molecule has 0 aliphatic heterocycles. The number of rotatable bonds is 6. The Morgan fingerprint density at radius 1 is 1.14 bits per heavy atom. The molecule has 2 aromatic carbocycles. The van der Waals surface area contributed by atoms with Crippen molar-refractivity contribution in [3.8, 4) is 22.8 Å². The van der Waals surface area contributed by atoms with Gasteiger partial charge in [-0.2, -0.15) is 0 Å². The molecule has 0 fully saturated rings. The molecule has 9 heteroatoms. The largest absolute Gasteiger partial charge is 0.573 e. The molecule has 0 amide bonds. The minimum Gasteiger partial charge on any atom is -0.481 e. The lowest BCUT2D eigenvalue weighted by Crippen LogP contribution is -2.17. The maximum absolute atomic E-state index is 12.2. The van der Waals surface area contributed by atoms with E-state index in [1.807, 2.05) is 12.1 Å². The Kier molecular flexibility index (Phi) is 5.34. The van der Waals surface area contributed by atoms with E-state index in [1.54, 1.807) is 19.1 Å². The Morgan fingerprint density at radius 2 is 1.79 bits per heavy atom. The van der Waals surface area contributed by atoms with E-state index in [4.69, 9.17) is 5.11 Å². The van der Waals surface area contributed by atoms with Crippen molar-refractivity contribution in [2.45, 2.75) is 19.7 Å². The van der Waals surface area contributed by atoms with E-state index in [0.29, 0.717) is 17.9 Å². The molecule has 1 N–H and O–H groups in total. The van der Waals surface area contributed by atoms with E-state index >= 15 is 0 Å². The average molecular weight is 391 g/mol. The Morgan fingerprint density at radius 3 is 2.36 bits per heavy atom. The van der Waals surface area contributed by atoms with Crippen LogP contribution < -0.4 is 4.74 Å². The van der Waals surface area contributed by atoms with Crippen LogP contribution in [0.25, 0.3) is 17.1 Å². The number of carboxylic acid groups (broad SMARTS) is 1. The number of ether oxygens (including phenoxy) is 1. The van der Waals surface area contributed by atoms with Crippen LogP contribution in [-0.4, -0.2) is 32.2 Å². The van der Waals surface area contributed by atoms with Gasteiger partial charge >= 0.3 is 12.3 Å². The van der Waals surface area contributed by atoms with Crippen molar-refractivity contribution in [1.82, 2.24) is 14.8 Å². The lowest BCUT2D eigenvalue weighted by Gasteiger charge is -2.09. The molecule has 146 valence electrons. The van der Waals surface area contributed by atoms with Gasteiger partial charge in [0.15, 0.2) is 5.82 Å². The van der Waals surface area contributed by atoms with E-state index in [2.05, 4.69) is 14.8 Å². The number of hydrogen-bond donors (Lipinski definition) is 1. The summed E-state index contributed by atoms with van der Waals surface area (Å²) in [6.45, 7) is 1.64. The number of carboxylic acids is 1. The number of hydrogen-bond acceptors (Lipinski definition) is 4. The van der Waals surface area contributed by atoms with Gasteiger partial charge in [0.05, 0.1) is 11.6 Å². The molecular weight excluding hydrogens is 375 g/mol. The maximum Gasteiger partial charge on any atom is 0.573 e. The Bertz CT molecular complexity index is 951. The highest BCUT2D eigenvalue weighted by atomic mass is 19.4. The Labute approximate surface area is 158 Å².